The van der Waals surface area contributed by atoms with E-state index in [9.17, 15) is 0 Å². The lowest BCUT2D eigenvalue weighted by atomic mass is 9.94. The Morgan fingerprint density at radius 3 is 2.42 bits per heavy atom. The number of ether oxygens (including phenoxy) is 2. The van der Waals surface area contributed by atoms with E-state index in [-0.39, 0.29) is 0 Å². The van der Waals surface area contributed by atoms with Crippen molar-refractivity contribution in [2.45, 2.75) is 37.8 Å². The third-order valence-corrected chi connectivity index (χ3v) is 2.36. The number of nitrogens with two attached hydrogens (primary N) is 1. The molecule has 1 aliphatic rings. The maximum absolute atomic E-state index is 5.77. The second-order valence-corrected chi connectivity index (χ2v) is 3.40. The Hall–Kier alpha value is -0.120. The van der Waals surface area contributed by atoms with Gasteiger partial charge in [-0.15, -0.1) is 0 Å². The second kappa shape index (κ2) is 5.51. The smallest absolute Gasteiger partial charge is 0.0704 e. The fourth-order valence-corrected chi connectivity index (χ4v) is 1.55. The average molecular weight is 173 g/mol. The Bertz CT molecular complexity index is 111. The summed E-state index contributed by atoms with van der Waals surface area (Å²) in [5.41, 5.74) is 5.77. The second-order valence-electron chi connectivity index (χ2n) is 3.40. The van der Waals surface area contributed by atoms with Crippen LogP contribution in [0, 0.1) is 0 Å². The fourth-order valence-electron chi connectivity index (χ4n) is 1.55. The summed E-state index contributed by atoms with van der Waals surface area (Å²) in [6.07, 6.45) is 4.88. The Balaban J connectivity index is 2.01. The maximum atomic E-state index is 5.77. The normalized spacial score (nSPS) is 30.5. The molecule has 0 unspecified atom stereocenters. The highest BCUT2D eigenvalue weighted by atomic mass is 16.5. The van der Waals surface area contributed by atoms with Crippen LogP contribution >= 0.6 is 0 Å². The molecular formula is C9H19NO2. The summed E-state index contributed by atoms with van der Waals surface area (Å²) in [7, 11) is 1.69. The maximum Gasteiger partial charge on any atom is 0.0704 e. The monoisotopic (exact) mass is 173 g/mol. The van der Waals surface area contributed by atoms with E-state index in [1.165, 1.54) is 0 Å². The summed E-state index contributed by atoms with van der Waals surface area (Å²) in [5, 5.41) is 0. The lowest BCUT2D eigenvalue weighted by Gasteiger charge is -2.25. The quantitative estimate of drug-likeness (QED) is 0.643. The molecule has 3 nitrogen and oxygen atoms in total. The molecular weight excluding hydrogens is 154 g/mol. The summed E-state index contributed by atoms with van der Waals surface area (Å²) in [4.78, 5) is 0. The van der Waals surface area contributed by atoms with Crippen molar-refractivity contribution >= 4 is 0 Å². The standard InChI is InChI=1S/C9H19NO2/c1-11-6-7-12-9-4-2-8(10)3-5-9/h8-9H,2-7,10H2,1H3. The molecule has 0 atom stereocenters. The molecule has 0 amide bonds. The van der Waals surface area contributed by atoms with Crippen LogP contribution in [0.3, 0.4) is 0 Å². The van der Waals surface area contributed by atoms with E-state index >= 15 is 0 Å². The van der Waals surface area contributed by atoms with Gasteiger partial charge in [0.1, 0.15) is 0 Å². The molecule has 2 N–H and O–H groups in total. The summed E-state index contributed by atoms with van der Waals surface area (Å²) < 4.78 is 10.5. The molecule has 12 heavy (non-hydrogen) atoms. The summed E-state index contributed by atoms with van der Waals surface area (Å²) in [6.45, 7) is 1.42. The molecule has 0 spiro atoms. The SMILES string of the molecule is COCCOC1CCC(N)CC1. The molecule has 1 saturated carbocycles. The van der Waals surface area contributed by atoms with Gasteiger partial charge in [0.25, 0.3) is 0 Å². The third kappa shape index (κ3) is 3.52. The first-order valence-electron chi connectivity index (χ1n) is 4.69. The Morgan fingerprint density at radius 2 is 1.83 bits per heavy atom. The lowest BCUT2D eigenvalue weighted by Crippen LogP contribution is -2.30. The molecule has 1 fully saturated rings. The zero-order valence-corrected chi connectivity index (χ0v) is 7.79. The Morgan fingerprint density at radius 1 is 1.17 bits per heavy atom. The van der Waals surface area contributed by atoms with Crippen LogP contribution in [0.2, 0.25) is 0 Å². The van der Waals surface area contributed by atoms with Gasteiger partial charge in [-0.1, -0.05) is 0 Å². The highest BCUT2D eigenvalue weighted by molar-refractivity contribution is 4.74. The van der Waals surface area contributed by atoms with Crippen LogP contribution in [0.5, 0.6) is 0 Å². The number of methoxy groups -OCH3 is 1. The molecule has 1 aliphatic carbocycles. The molecule has 0 bridgehead atoms. The molecule has 1 rings (SSSR count). The van der Waals surface area contributed by atoms with E-state index in [1.807, 2.05) is 0 Å². The van der Waals surface area contributed by atoms with Crippen LogP contribution in [0.15, 0.2) is 0 Å². The molecule has 0 heterocycles. The van der Waals surface area contributed by atoms with E-state index in [4.69, 9.17) is 15.2 Å². The van der Waals surface area contributed by atoms with Gasteiger partial charge in [0.05, 0.1) is 19.3 Å². The minimum absolute atomic E-state index is 0.410. The van der Waals surface area contributed by atoms with Crippen molar-refractivity contribution in [2.24, 2.45) is 5.73 Å². The lowest BCUT2D eigenvalue weighted by molar-refractivity contribution is -0.00241. The van der Waals surface area contributed by atoms with Gasteiger partial charge in [-0.3, -0.25) is 0 Å². The van der Waals surface area contributed by atoms with Crippen molar-refractivity contribution in [2.75, 3.05) is 20.3 Å². The number of hydrogen-bond donors (Lipinski definition) is 1. The predicted octanol–water partition coefficient (Wildman–Crippen LogP) is 0.919. The third-order valence-electron chi connectivity index (χ3n) is 2.36. The van der Waals surface area contributed by atoms with Crippen molar-refractivity contribution in [3.63, 3.8) is 0 Å². The van der Waals surface area contributed by atoms with E-state index in [0.29, 0.717) is 18.8 Å². The van der Waals surface area contributed by atoms with Gasteiger partial charge in [-0.2, -0.15) is 0 Å². The number of hydrogen-bond acceptors (Lipinski definition) is 3. The van der Waals surface area contributed by atoms with Gasteiger partial charge in [0, 0.05) is 13.2 Å². The van der Waals surface area contributed by atoms with E-state index in [2.05, 4.69) is 0 Å². The zero-order valence-electron chi connectivity index (χ0n) is 7.79. The van der Waals surface area contributed by atoms with Crippen molar-refractivity contribution in [1.82, 2.24) is 0 Å². The van der Waals surface area contributed by atoms with Crippen LogP contribution < -0.4 is 5.73 Å². The van der Waals surface area contributed by atoms with Gasteiger partial charge >= 0.3 is 0 Å². The van der Waals surface area contributed by atoms with Crippen molar-refractivity contribution in [3.05, 3.63) is 0 Å². The summed E-state index contributed by atoms with van der Waals surface area (Å²) >= 11 is 0. The minimum Gasteiger partial charge on any atom is -0.382 e. The van der Waals surface area contributed by atoms with E-state index in [1.54, 1.807) is 7.11 Å². The van der Waals surface area contributed by atoms with Crippen LogP contribution in [-0.2, 0) is 9.47 Å². The molecule has 0 radical (unpaired) electrons. The van der Waals surface area contributed by atoms with Crippen LogP contribution in [0.1, 0.15) is 25.7 Å². The molecule has 0 aliphatic heterocycles. The zero-order chi connectivity index (χ0) is 8.81. The number of rotatable bonds is 4. The van der Waals surface area contributed by atoms with Gasteiger partial charge in [-0.05, 0) is 25.7 Å². The Labute approximate surface area is 74.2 Å². The molecule has 0 saturated heterocycles. The first-order valence-corrected chi connectivity index (χ1v) is 4.69. The van der Waals surface area contributed by atoms with Gasteiger partial charge < -0.3 is 15.2 Å². The highest BCUT2D eigenvalue weighted by Crippen LogP contribution is 2.19. The molecule has 3 heteroatoms. The summed E-state index contributed by atoms with van der Waals surface area (Å²) in [5.74, 6) is 0. The van der Waals surface area contributed by atoms with E-state index in [0.717, 1.165) is 32.3 Å². The Kier molecular flexibility index (Phi) is 4.58. The van der Waals surface area contributed by atoms with E-state index < -0.39 is 0 Å². The molecule has 0 aromatic heterocycles. The van der Waals surface area contributed by atoms with Crippen LogP contribution in [0.4, 0.5) is 0 Å². The molecule has 72 valence electrons. The fraction of sp³-hybridized carbons (Fsp3) is 1.00. The van der Waals surface area contributed by atoms with Gasteiger partial charge in [-0.25, -0.2) is 0 Å². The highest BCUT2D eigenvalue weighted by Gasteiger charge is 2.18. The van der Waals surface area contributed by atoms with Crippen molar-refractivity contribution < 1.29 is 9.47 Å². The topological polar surface area (TPSA) is 44.5 Å². The van der Waals surface area contributed by atoms with Crippen LogP contribution in [0.25, 0.3) is 0 Å². The average Bonchev–Trinajstić information content (AvgIpc) is 2.09. The van der Waals surface area contributed by atoms with Crippen molar-refractivity contribution in [1.29, 1.82) is 0 Å². The molecule has 0 aromatic rings. The minimum atomic E-state index is 0.410. The van der Waals surface area contributed by atoms with Crippen molar-refractivity contribution in [3.8, 4) is 0 Å². The van der Waals surface area contributed by atoms with Gasteiger partial charge in [0.15, 0.2) is 0 Å². The van der Waals surface area contributed by atoms with Gasteiger partial charge in [0.2, 0.25) is 0 Å². The first-order chi connectivity index (χ1) is 5.83. The first kappa shape index (κ1) is 9.96. The predicted molar refractivity (Wildman–Crippen MR) is 48.1 cm³/mol. The largest absolute Gasteiger partial charge is 0.382 e. The van der Waals surface area contributed by atoms with Crippen LogP contribution in [-0.4, -0.2) is 32.5 Å². The summed E-state index contributed by atoms with van der Waals surface area (Å²) in [6, 6.07) is 0.410. The molecule has 0 aromatic carbocycles.